The van der Waals surface area contributed by atoms with E-state index in [1.54, 1.807) is 18.7 Å². The summed E-state index contributed by atoms with van der Waals surface area (Å²) in [5.41, 5.74) is 5.52. The predicted octanol–water partition coefficient (Wildman–Crippen LogP) is 1.55. The molecule has 0 aliphatic carbocycles. The average molecular weight is 661 g/mol. The summed E-state index contributed by atoms with van der Waals surface area (Å²) in [7, 11) is 4.70. The van der Waals surface area contributed by atoms with Gasteiger partial charge in [-0.25, -0.2) is 19.6 Å². The monoisotopic (exact) mass is 659 g/mol. The minimum atomic E-state index is -0.420. The van der Waals surface area contributed by atoms with Crippen LogP contribution in [0.2, 0.25) is 0 Å². The number of aromatic nitrogens is 8. The SMILES string of the molecule is CCCCCn1c(SCCCn2c(Br)nc3c2c(=O)n(CCCN)c(=O)n3C)nc2c1c(=O)n(C)c(=O)n2C.Cl. The molecule has 0 aliphatic heterocycles. The molecular weight excluding hydrogens is 626 g/mol. The lowest BCUT2D eigenvalue weighted by atomic mass is 10.2. The van der Waals surface area contributed by atoms with Crippen LogP contribution in [0.4, 0.5) is 0 Å². The first kappa shape index (κ1) is 31.9. The van der Waals surface area contributed by atoms with Crippen molar-refractivity contribution < 1.29 is 0 Å². The van der Waals surface area contributed by atoms with E-state index in [2.05, 4.69) is 32.8 Å². The number of nitrogens with two attached hydrogens (primary N) is 1. The molecule has 40 heavy (non-hydrogen) atoms. The average Bonchev–Trinajstić information content (AvgIpc) is 3.45. The number of thioether (sulfide) groups is 1. The molecule has 13 nitrogen and oxygen atoms in total. The molecule has 0 aromatic carbocycles. The van der Waals surface area contributed by atoms with E-state index in [1.807, 2.05) is 4.57 Å². The molecule has 0 saturated carbocycles. The molecule has 4 rings (SSSR count). The van der Waals surface area contributed by atoms with Gasteiger partial charge in [0.25, 0.3) is 11.1 Å². The molecule has 4 heterocycles. The van der Waals surface area contributed by atoms with E-state index in [4.69, 9.17) is 5.73 Å². The molecule has 220 valence electrons. The van der Waals surface area contributed by atoms with Crippen molar-refractivity contribution in [3.8, 4) is 0 Å². The summed E-state index contributed by atoms with van der Waals surface area (Å²) in [5.74, 6) is 0.643. The molecule has 0 atom stereocenters. The topological polar surface area (TPSA) is 150 Å². The van der Waals surface area contributed by atoms with E-state index in [0.717, 1.165) is 23.8 Å². The van der Waals surface area contributed by atoms with Crippen molar-refractivity contribution in [2.24, 2.45) is 26.9 Å². The lowest BCUT2D eigenvalue weighted by molar-refractivity contribution is 0.573. The van der Waals surface area contributed by atoms with Gasteiger partial charge in [0.05, 0.1) is 0 Å². The molecule has 0 amide bonds. The standard InChI is InChI=1S/C24H34BrN9O4S.ClH/c1-5-6-7-11-33-15-18(29(2)23(37)31(4)19(15)35)28-22(33)39-14-9-13-32-16-17(27-21(32)25)30(3)24(38)34(20(16)36)12-8-10-26;/h5-14,26H2,1-4H3;1H. The smallest absolute Gasteiger partial charge is 0.330 e. The van der Waals surface area contributed by atoms with E-state index in [-0.39, 0.29) is 30.1 Å². The lowest BCUT2D eigenvalue weighted by Gasteiger charge is -2.10. The highest BCUT2D eigenvalue weighted by Crippen LogP contribution is 2.24. The number of halogens is 2. The Bertz CT molecular complexity index is 1770. The largest absolute Gasteiger partial charge is 0.332 e. The number of hydrogen-bond acceptors (Lipinski definition) is 8. The summed E-state index contributed by atoms with van der Waals surface area (Å²) >= 11 is 4.96. The van der Waals surface area contributed by atoms with Gasteiger partial charge in [-0.3, -0.25) is 27.9 Å². The summed E-state index contributed by atoms with van der Waals surface area (Å²) in [4.78, 5) is 60.5. The molecule has 0 fully saturated rings. The van der Waals surface area contributed by atoms with Crippen molar-refractivity contribution in [3.05, 3.63) is 46.4 Å². The molecule has 0 unspecified atom stereocenters. The number of hydrogen-bond donors (Lipinski definition) is 1. The van der Waals surface area contributed by atoms with Crippen molar-refractivity contribution in [1.29, 1.82) is 0 Å². The molecule has 0 aliphatic rings. The normalized spacial score (nSPS) is 11.6. The summed E-state index contributed by atoms with van der Waals surface area (Å²) in [6.45, 7) is 3.84. The fraction of sp³-hybridized carbons (Fsp3) is 0.583. The van der Waals surface area contributed by atoms with Gasteiger partial charge in [-0.15, -0.1) is 12.4 Å². The van der Waals surface area contributed by atoms with Crippen LogP contribution in [0.25, 0.3) is 22.3 Å². The molecule has 4 aromatic heterocycles. The first-order valence-electron chi connectivity index (χ1n) is 13.0. The third-order valence-corrected chi connectivity index (χ3v) is 8.50. The quantitative estimate of drug-likeness (QED) is 0.137. The van der Waals surface area contributed by atoms with Crippen molar-refractivity contribution >= 4 is 62.4 Å². The van der Waals surface area contributed by atoms with Gasteiger partial charge < -0.3 is 14.9 Å². The van der Waals surface area contributed by atoms with Crippen LogP contribution in [0.3, 0.4) is 0 Å². The van der Waals surface area contributed by atoms with Crippen LogP contribution in [0.15, 0.2) is 29.1 Å². The predicted molar refractivity (Wildman–Crippen MR) is 163 cm³/mol. The molecule has 0 saturated heterocycles. The summed E-state index contributed by atoms with van der Waals surface area (Å²) in [6.07, 6.45) is 4.13. The maximum absolute atomic E-state index is 13.2. The van der Waals surface area contributed by atoms with Crippen molar-refractivity contribution in [2.75, 3.05) is 12.3 Å². The van der Waals surface area contributed by atoms with Crippen LogP contribution in [0, 0.1) is 0 Å². The first-order valence-corrected chi connectivity index (χ1v) is 14.8. The van der Waals surface area contributed by atoms with Gasteiger partial charge >= 0.3 is 11.4 Å². The van der Waals surface area contributed by atoms with Gasteiger partial charge in [0, 0.05) is 46.5 Å². The van der Waals surface area contributed by atoms with E-state index < -0.39 is 11.4 Å². The van der Waals surface area contributed by atoms with Crippen molar-refractivity contribution in [1.82, 2.24) is 37.4 Å². The molecule has 16 heteroatoms. The van der Waals surface area contributed by atoms with Gasteiger partial charge in [0.1, 0.15) is 0 Å². The third-order valence-electron chi connectivity index (χ3n) is 6.83. The highest BCUT2D eigenvalue weighted by molar-refractivity contribution is 9.10. The Morgan fingerprint density at radius 1 is 0.750 bits per heavy atom. The third kappa shape index (κ3) is 5.74. The second-order valence-electron chi connectivity index (χ2n) is 9.48. The first-order chi connectivity index (χ1) is 18.6. The van der Waals surface area contributed by atoms with Gasteiger partial charge in [0.2, 0.25) is 0 Å². The number of nitrogens with zero attached hydrogens (tertiary/aromatic N) is 8. The number of unbranched alkanes of at least 4 members (excludes halogenated alkanes) is 2. The minimum absolute atomic E-state index is 0. The van der Waals surface area contributed by atoms with E-state index >= 15 is 0 Å². The Morgan fingerprint density at radius 2 is 1.35 bits per heavy atom. The molecule has 0 radical (unpaired) electrons. The number of rotatable bonds is 12. The van der Waals surface area contributed by atoms with Gasteiger partial charge in [-0.1, -0.05) is 31.5 Å². The Morgan fingerprint density at radius 3 is 2.02 bits per heavy atom. The van der Waals surface area contributed by atoms with Crippen LogP contribution in [-0.2, 0) is 40.8 Å². The molecular formula is C24H35BrClN9O4S. The Hall–Kier alpha value is -2.62. The van der Waals surface area contributed by atoms with Crippen molar-refractivity contribution in [2.45, 2.75) is 63.8 Å². The second-order valence-corrected chi connectivity index (χ2v) is 11.2. The maximum Gasteiger partial charge on any atom is 0.332 e. The van der Waals surface area contributed by atoms with Gasteiger partial charge in [-0.2, -0.15) is 0 Å². The highest BCUT2D eigenvalue weighted by Gasteiger charge is 2.21. The van der Waals surface area contributed by atoms with Crippen LogP contribution in [0.1, 0.15) is 39.0 Å². The molecule has 2 N–H and O–H groups in total. The minimum Gasteiger partial charge on any atom is -0.330 e. The Labute approximate surface area is 248 Å². The van der Waals surface area contributed by atoms with E-state index in [9.17, 15) is 19.2 Å². The fourth-order valence-electron chi connectivity index (χ4n) is 4.65. The summed E-state index contributed by atoms with van der Waals surface area (Å²) in [6, 6.07) is 0. The maximum atomic E-state index is 13.2. The van der Waals surface area contributed by atoms with Crippen LogP contribution in [-0.4, -0.2) is 49.7 Å². The second kappa shape index (κ2) is 13.4. The number of aryl methyl sites for hydroxylation is 4. The Balaban J connectivity index is 0.00000441. The van der Waals surface area contributed by atoms with Crippen LogP contribution < -0.4 is 28.2 Å². The number of imidazole rings is 2. The summed E-state index contributed by atoms with van der Waals surface area (Å²) < 4.78 is 9.28. The lowest BCUT2D eigenvalue weighted by Crippen LogP contribution is -2.40. The van der Waals surface area contributed by atoms with Gasteiger partial charge in [-0.05, 0) is 41.7 Å². The zero-order valence-corrected chi connectivity index (χ0v) is 26.3. The molecule has 4 aromatic rings. The fourth-order valence-corrected chi connectivity index (χ4v) is 6.11. The van der Waals surface area contributed by atoms with E-state index in [0.29, 0.717) is 70.4 Å². The van der Waals surface area contributed by atoms with E-state index in [1.165, 1.54) is 32.5 Å². The number of fused-ring (bicyclic) bond motifs is 2. The zero-order chi connectivity index (χ0) is 28.4. The van der Waals surface area contributed by atoms with Crippen LogP contribution in [0.5, 0.6) is 0 Å². The summed E-state index contributed by atoms with van der Waals surface area (Å²) in [5, 5.41) is 0.681. The van der Waals surface area contributed by atoms with Crippen molar-refractivity contribution in [3.63, 3.8) is 0 Å². The molecule has 0 spiro atoms. The van der Waals surface area contributed by atoms with Gasteiger partial charge in [0.15, 0.2) is 32.2 Å². The van der Waals surface area contributed by atoms with Crippen LogP contribution >= 0.6 is 40.1 Å². The zero-order valence-electron chi connectivity index (χ0n) is 23.1. The highest BCUT2D eigenvalue weighted by atomic mass is 79.9. The molecule has 0 bridgehead atoms. The Kier molecular flexibility index (Phi) is 10.7.